The number of aryl methyl sites for hydroxylation is 1. The van der Waals surface area contributed by atoms with Crippen molar-refractivity contribution in [3.8, 4) is 0 Å². The smallest absolute Gasteiger partial charge is 0.220 e. The van der Waals surface area contributed by atoms with Gasteiger partial charge < -0.3 is 15.5 Å². The molecule has 0 radical (unpaired) electrons. The highest BCUT2D eigenvalue weighted by molar-refractivity contribution is 6.30. The molecule has 2 fully saturated rings. The van der Waals surface area contributed by atoms with E-state index in [1.54, 1.807) is 0 Å². The number of carbonyl (C=O) groups is 1. The normalized spacial score (nSPS) is 21.8. The van der Waals surface area contributed by atoms with Crippen LogP contribution >= 0.6 is 36.4 Å². The Morgan fingerprint density at radius 3 is 2.85 bits per heavy atom. The van der Waals surface area contributed by atoms with E-state index < -0.39 is 0 Å². The molecule has 0 aliphatic carbocycles. The van der Waals surface area contributed by atoms with Crippen LogP contribution in [0.2, 0.25) is 5.02 Å². The number of carbonyl (C=O) groups excluding carboxylic acids is 1. The number of nitrogens with zero attached hydrogens (tertiary/aromatic N) is 1. The number of amides is 1. The summed E-state index contributed by atoms with van der Waals surface area (Å²) in [5.41, 5.74) is 2.49. The van der Waals surface area contributed by atoms with Crippen molar-refractivity contribution < 1.29 is 4.79 Å². The second-order valence-corrected chi connectivity index (χ2v) is 7.67. The van der Waals surface area contributed by atoms with Crippen molar-refractivity contribution in [2.75, 3.05) is 37.6 Å². The quantitative estimate of drug-likeness (QED) is 0.732. The first kappa shape index (κ1) is 23.4. The van der Waals surface area contributed by atoms with Gasteiger partial charge in [0.05, 0.1) is 0 Å². The fourth-order valence-electron chi connectivity index (χ4n) is 3.78. The van der Waals surface area contributed by atoms with Crippen LogP contribution in [-0.2, 0) is 4.79 Å². The third kappa shape index (κ3) is 6.49. The van der Waals surface area contributed by atoms with Crippen molar-refractivity contribution >= 4 is 48.0 Å². The average molecular weight is 423 g/mol. The molecule has 0 spiro atoms. The van der Waals surface area contributed by atoms with Crippen LogP contribution in [0.15, 0.2) is 18.2 Å². The topological polar surface area (TPSA) is 44.4 Å². The fraction of sp³-hybridized carbons (Fsp3) is 0.632. The molecule has 2 aliphatic rings. The minimum absolute atomic E-state index is 0. The summed E-state index contributed by atoms with van der Waals surface area (Å²) in [6.07, 6.45) is 4.01. The van der Waals surface area contributed by atoms with Crippen LogP contribution in [0.5, 0.6) is 0 Å². The van der Waals surface area contributed by atoms with Gasteiger partial charge in [-0.2, -0.15) is 0 Å². The number of nitrogens with one attached hydrogen (secondary N) is 2. The zero-order chi connectivity index (χ0) is 16.9. The van der Waals surface area contributed by atoms with Crippen LogP contribution in [0.4, 0.5) is 5.69 Å². The first-order valence-electron chi connectivity index (χ1n) is 9.10. The van der Waals surface area contributed by atoms with Gasteiger partial charge in [0.1, 0.15) is 0 Å². The second-order valence-electron chi connectivity index (χ2n) is 7.23. The van der Waals surface area contributed by atoms with Crippen LogP contribution in [0.1, 0.15) is 31.2 Å². The Bertz CT molecular complexity index is 579. The molecule has 2 saturated heterocycles. The van der Waals surface area contributed by atoms with E-state index in [9.17, 15) is 4.79 Å². The van der Waals surface area contributed by atoms with E-state index in [0.717, 1.165) is 50.6 Å². The SMILES string of the molecule is Cc1ccc(Cl)cc1N1CCC(CNC(=O)CCC2CCNC2)C1.Cl.Cl. The summed E-state index contributed by atoms with van der Waals surface area (Å²) in [5, 5.41) is 7.28. The van der Waals surface area contributed by atoms with Crippen molar-refractivity contribution in [3.63, 3.8) is 0 Å². The second kappa shape index (κ2) is 11.2. The van der Waals surface area contributed by atoms with Gasteiger partial charge in [0.2, 0.25) is 5.91 Å². The molecule has 2 aliphatic heterocycles. The molecule has 2 N–H and O–H groups in total. The number of hydrogen-bond acceptors (Lipinski definition) is 3. The first-order chi connectivity index (χ1) is 11.6. The Labute approximate surface area is 174 Å². The third-order valence-corrected chi connectivity index (χ3v) is 5.56. The van der Waals surface area contributed by atoms with Gasteiger partial charge in [0.15, 0.2) is 0 Å². The molecule has 2 heterocycles. The first-order valence-corrected chi connectivity index (χ1v) is 9.48. The molecule has 2 unspecified atom stereocenters. The molecule has 26 heavy (non-hydrogen) atoms. The summed E-state index contributed by atoms with van der Waals surface area (Å²) in [7, 11) is 0. The minimum atomic E-state index is 0. The number of halogens is 3. The molecule has 1 aromatic rings. The molecule has 0 saturated carbocycles. The highest BCUT2D eigenvalue weighted by atomic mass is 35.5. The lowest BCUT2D eigenvalue weighted by Crippen LogP contribution is -2.31. The van der Waals surface area contributed by atoms with E-state index >= 15 is 0 Å². The average Bonchev–Trinajstić information content (AvgIpc) is 3.24. The fourth-order valence-corrected chi connectivity index (χ4v) is 3.95. The maximum Gasteiger partial charge on any atom is 0.220 e. The van der Waals surface area contributed by atoms with Crippen molar-refractivity contribution in [3.05, 3.63) is 28.8 Å². The lowest BCUT2D eigenvalue weighted by molar-refractivity contribution is -0.121. The van der Waals surface area contributed by atoms with Crippen molar-refractivity contribution in [2.24, 2.45) is 11.8 Å². The monoisotopic (exact) mass is 421 g/mol. The molecular formula is C19H30Cl3N3O. The van der Waals surface area contributed by atoms with Crippen LogP contribution in [0.3, 0.4) is 0 Å². The maximum atomic E-state index is 12.0. The Balaban J connectivity index is 0.00000169. The largest absolute Gasteiger partial charge is 0.371 e. The van der Waals surface area contributed by atoms with Gasteiger partial charge in [-0.25, -0.2) is 0 Å². The van der Waals surface area contributed by atoms with Gasteiger partial charge in [0, 0.05) is 36.8 Å². The zero-order valence-electron chi connectivity index (χ0n) is 15.3. The molecule has 1 amide bonds. The molecule has 7 heteroatoms. The van der Waals surface area contributed by atoms with E-state index in [1.807, 2.05) is 12.1 Å². The number of anilines is 1. The van der Waals surface area contributed by atoms with Gasteiger partial charge >= 0.3 is 0 Å². The molecule has 4 nitrogen and oxygen atoms in total. The van der Waals surface area contributed by atoms with Crippen molar-refractivity contribution in [2.45, 2.75) is 32.6 Å². The van der Waals surface area contributed by atoms with E-state index in [-0.39, 0.29) is 30.7 Å². The van der Waals surface area contributed by atoms with E-state index in [1.165, 1.54) is 17.7 Å². The number of benzene rings is 1. The summed E-state index contributed by atoms with van der Waals surface area (Å²) in [6.45, 7) is 7.12. The summed E-state index contributed by atoms with van der Waals surface area (Å²) >= 11 is 6.13. The van der Waals surface area contributed by atoms with Gasteiger partial charge in [-0.1, -0.05) is 17.7 Å². The van der Waals surface area contributed by atoms with Crippen LogP contribution < -0.4 is 15.5 Å². The van der Waals surface area contributed by atoms with E-state index in [0.29, 0.717) is 18.3 Å². The van der Waals surface area contributed by atoms with Crippen molar-refractivity contribution in [1.29, 1.82) is 0 Å². The van der Waals surface area contributed by atoms with Gasteiger partial charge in [-0.3, -0.25) is 4.79 Å². The highest BCUT2D eigenvalue weighted by Crippen LogP contribution is 2.29. The minimum Gasteiger partial charge on any atom is -0.371 e. The predicted molar refractivity (Wildman–Crippen MR) is 114 cm³/mol. The Hall–Kier alpha value is -0.680. The lowest BCUT2D eigenvalue weighted by atomic mass is 10.0. The Morgan fingerprint density at radius 2 is 2.12 bits per heavy atom. The van der Waals surface area contributed by atoms with Gasteiger partial charge in [0.25, 0.3) is 0 Å². The molecule has 0 aromatic heterocycles. The molecule has 2 atom stereocenters. The standard InChI is InChI=1S/C19H28ClN3O.2ClH/c1-14-2-4-17(20)10-18(14)23-9-7-16(13-23)12-22-19(24)5-3-15-6-8-21-11-15;;/h2,4,10,15-16,21H,3,5-9,11-13H2,1H3,(H,22,24);2*1H. The summed E-state index contributed by atoms with van der Waals surface area (Å²) in [6, 6.07) is 6.06. The molecular weight excluding hydrogens is 393 g/mol. The van der Waals surface area contributed by atoms with Crippen LogP contribution in [0, 0.1) is 18.8 Å². The van der Waals surface area contributed by atoms with Crippen molar-refractivity contribution in [1.82, 2.24) is 10.6 Å². The maximum absolute atomic E-state index is 12.0. The van der Waals surface area contributed by atoms with Gasteiger partial charge in [-0.05, 0) is 68.8 Å². The van der Waals surface area contributed by atoms with Gasteiger partial charge in [-0.15, -0.1) is 24.8 Å². The number of rotatable bonds is 6. The summed E-state index contributed by atoms with van der Waals surface area (Å²) in [4.78, 5) is 14.4. The van der Waals surface area contributed by atoms with Crippen LogP contribution in [0.25, 0.3) is 0 Å². The predicted octanol–water partition coefficient (Wildman–Crippen LogP) is 3.82. The lowest BCUT2D eigenvalue weighted by Gasteiger charge is -2.21. The highest BCUT2D eigenvalue weighted by Gasteiger charge is 2.24. The number of hydrogen-bond donors (Lipinski definition) is 2. The summed E-state index contributed by atoms with van der Waals surface area (Å²) in [5.74, 6) is 1.42. The molecule has 0 bridgehead atoms. The molecule has 148 valence electrons. The summed E-state index contributed by atoms with van der Waals surface area (Å²) < 4.78 is 0. The van der Waals surface area contributed by atoms with E-state index in [4.69, 9.17) is 11.6 Å². The molecule has 1 aromatic carbocycles. The zero-order valence-corrected chi connectivity index (χ0v) is 17.7. The molecule has 3 rings (SSSR count). The van der Waals surface area contributed by atoms with E-state index in [2.05, 4.69) is 28.5 Å². The Kier molecular flexibility index (Phi) is 10.1. The third-order valence-electron chi connectivity index (χ3n) is 5.33. The Morgan fingerprint density at radius 1 is 1.31 bits per heavy atom. The van der Waals surface area contributed by atoms with Crippen LogP contribution in [-0.4, -0.2) is 38.6 Å².